The second-order valence-electron chi connectivity index (χ2n) is 7.39. The van der Waals surface area contributed by atoms with Crippen LogP contribution in [0.3, 0.4) is 0 Å². The van der Waals surface area contributed by atoms with Gasteiger partial charge in [-0.1, -0.05) is 12.1 Å². The first-order valence-electron chi connectivity index (χ1n) is 9.66. The molecule has 2 atom stereocenters. The van der Waals surface area contributed by atoms with E-state index < -0.39 is 0 Å². The van der Waals surface area contributed by atoms with Gasteiger partial charge in [0.25, 0.3) is 5.91 Å². The largest absolute Gasteiger partial charge is 0.493 e. The summed E-state index contributed by atoms with van der Waals surface area (Å²) in [6.45, 7) is 5.84. The molecule has 5 rings (SSSR count). The Labute approximate surface area is 162 Å². The van der Waals surface area contributed by atoms with E-state index in [1.165, 1.54) is 0 Å². The van der Waals surface area contributed by atoms with E-state index in [0.29, 0.717) is 29.8 Å². The first kappa shape index (κ1) is 17.0. The molecule has 0 spiro atoms. The number of rotatable bonds is 4. The van der Waals surface area contributed by atoms with E-state index in [1.54, 1.807) is 10.8 Å². The summed E-state index contributed by atoms with van der Waals surface area (Å²) in [6.07, 6.45) is 1.62. The fourth-order valence-electron chi connectivity index (χ4n) is 4.33. The van der Waals surface area contributed by atoms with Crippen molar-refractivity contribution in [1.29, 1.82) is 0 Å². The van der Waals surface area contributed by atoms with Crippen molar-refractivity contribution < 1.29 is 9.53 Å². The van der Waals surface area contributed by atoms with Crippen molar-refractivity contribution in [1.82, 2.24) is 24.7 Å². The second kappa shape index (κ2) is 6.78. The molecule has 144 valence electrons. The number of ether oxygens (including phenoxy) is 1. The number of carbonyl (C=O) groups excluding carboxylic acids is 1. The Bertz CT molecular complexity index is 1000. The topological polar surface area (TPSA) is 75.9 Å². The van der Waals surface area contributed by atoms with Crippen LogP contribution in [0.4, 0.5) is 5.82 Å². The molecule has 2 saturated heterocycles. The number of amides is 1. The minimum Gasteiger partial charge on any atom is -0.493 e. The third-order valence-electron chi connectivity index (χ3n) is 5.66. The normalized spacial score (nSPS) is 21.3. The summed E-state index contributed by atoms with van der Waals surface area (Å²) in [5.41, 5.74) is 1.40. The highest BCUT2D eigenvalue weighted by atomic mass is 16.5. The maximum Gasteiger partial charge on any atom is 0.257 e. The molecule has 3 aromatic rings. The Kier molecular flexibility index (Phi) is 4.11. The van der Waals surface area contributed by atoms with Crippen LogP contribution in [0.1, 0.15) is 17.3 Å². The van der Waals surface area contributed by atoms with Crippen molar-refractivity contribution in [2.45, 2.75) is 6.92 Å². The fourth-order valence-corrected chi connectivity index (χ4v) is 4.33. The Morgan fingerprint density at radius 3 is 2.68 bits per heavy atom. The number of carbonyl (C=O) groups is 1. The summed E-state index contributed by atoms with van der Waals surface area (Å²) < 4.78 is 7.34. The maximum absolute atomic E-state index is 13.0. The van der Waals surface area contributed by atoms with Gasteiger partial charge in [0, 0.05) is 38.0 Å². The molecule has 2 fully saturated rings. The van der Waals surface area contributed by atoms with Crippen molar-refractivity contribution in [3.8, 4) is 5.75 Å². The van der Waals surface area contributed by atoms with Gasteiger partial charge in [-0.25, -0.2) is 0 Å². The van der Waals surface area contributed by atoms with Crippen LogP contribution in [0.5, 0.6) is 5.75 Å². The van der Waals surface area contributed by atoms with E-state index >= 15 is 0 Å². The summed E-state index contributed by atoms with van der Waals surface area (Å²) in [7, 11) is 0. The predicted octanol–water partition coefficient (Wildman–Crippen LogP) is 1.73. The first-order chi connectivity index (χ1) is 13.7. The van der Waals surface area contributed by atoms with Crippen molar-refractivity contribution in [2.24, 2.45) is 11.8 Å². The molecule has 0 radical (unpaired) electrons. The van der Waals surface area contributed by atoms with E-state index in [-0.39, 0.29) is 5.91 Å². The number of hydrogen-bond acceptors (Lipinski definition) is 6. The molecular formula is C20H22N6O2. The van der Waals surface area contributed by atoms with Gasteiger partial charge in [-0.15, -0.1) is 15.3 Å². The van der Waals surface area contributed by atoms with Crippen LogP contribution in [-0.2, 0) is 0 Å². The van der Waals surface area contributed by atoms with Gasteiger partial charge in [0.1, 0.15) is 17.9 Å². The summed E-state index contributed by atoms with van der Waals surface area (Å²) in [4.78, 5) is 17.3. The molecule has 2 aliphatic rings. The average molecular weight is 378 g/mol. The molecule has 4 heterocycles. The minimum atomic E-state index is 0.0639. The Morgan fingerprint density at radius 2 is 1.89 bits per heavy atom. The maximum atomic E-state index is 13.0. The number of aromatic nitrogens is 4. The Hall–Kier alpha value is -3.16. The summed E-state index contributed by atoms with van der Waals surface area (Å²) in [6, 6.07) is 11.4. The van der Waals surface area contributed by atoms with E-state index in [9.17, 15) is 4.79 Å². The van der Waals surface area contributed by atoms with E-state index in [1.807, 2.05) is 48.2 Å². The number of fused-ring (bicyclic) bond motifs is 2. The zero-order chi connectivity index (χ0) is 19.1. The van der Waals surface area contributed by atoms with Crippen LogP contribution in [0.2, 0.25) is 0 Å². The number of para-hydroxylation sites is 1. The highest BCUT2D eigenvalue weighted by Crippen LogP contribution is 2.34. The van der Waals surface area contributed by atoms with Crippen LogP contribution in [0.15, 0.2) is 42.7 Å². The lowest BCUT2D eigenvalue weighted by atomic mass is 10.0. The highest BCUT2D eigenvalue weighted by Gasteiger charge is 2.42. The molecule has 0 aliphatic carbocycles. The summed E-state index contributed by atoms with van der Waals surface area (Å²) >= 11 is 0. The van der Waals surface area contributed by atoms with Gasteiger partial charge in [0.05, 0.1) is 12.2 Å². The number of benzene rings is 1. The molecule has 0 bridgehead atoms. The molecule has 2 unspecified atom stereocenters. The van der Waals surface area contributed by atoms with Gasteiger partial charge in [-0.3, -0.25) is 4.79 Å². The lowest BCUT2D eigenvalue weighted by molar-refractivity contribution is 0.0778. The molecule has 28 heavy (non-hydrogen) atoms. The first-order valence-corrected chi connectivity index (χ1v) is 9.66. The van der Waals surface area contributed by atoms with Crippen molar-refractivity contribution >= 4 is 17.4 Å². The molecule has 2 aliphatic heterocycles. The molecule has 8 heteroatoms. The second-order valence-corrected chi connectivity index (χ2v) is 7.39. The molecule has 2 aromatic heterocycles. The van der Waals surface area contributed by atoms with Gasteiger partial charge in [0.2, 0.25) is 0 Å². The zero-order valence-corrected chi connectivity index (χ0v) is 15.7. The molecule has 0 saturated carbocycles. The van der Waals surface area contributed by atoms with Crippen molar-refractivity contribution in [3.05, 3.63) is 48.3 Å². The predicted molar refractivity (Wildman–Crippen MR) is 103 cm³/mol. The molecule has 8 nitrogen and oxygen atoms in total. The summed E-state index contributed by atoms with van der Waals surface area (Å²) in [5.74, 6) is 2.58. The van der Waals surface area contributed by atoms with E-state index in [2.05, 4.69) is 20.2 Å². The van der Waals surface area contributed by atoms with Gasteiger partial charge >= 0.3 is 0 Å². The zero-order valence-electron chi connectivity index (χ0n) is 15.7. The number of hydrogen-bond donors (Lipinski definition) is 0. The molecule has 0 N–H and O–H groups in total. The lowest BCUT2D eigenvalue weighted by Crippen LogP contribution is -2.33. The third-order valence-corrected chi connectivity index (χ3v) is 5.66. The number of anilines is 1. The number of nitrogens with zero attached hydrogens (tertiary/aromatic N) is 6. The Morgan fingerprint density at radius 1 is 1.11 bits per heavy atom. The standard InChI is InChI=1S/C20H22N6O2/c1-2-28-17-6-4-3-5-16(17)20(27)25-11-14-9-24(10-15(14)12-25)19-8-7-18-22-21-13-26(18)23-19/h3-8,13-15H,2,9-12H2,1H3. The minimum absolute atomic E-state index is 0.0639. The van der Waals surface area contributed by atoms with Gasteiger partial charge in [-0.2, -0.15) is 4.52 Å². The third kappa shape index (κ3) is 2.85. The fraction of sp³-hybridized carbons (Fsp3) is 0.400. The lowest BCUT2D eigenvalue weighted by Gasteiger charge is -2.23. The van der Waals surface area contributed by atoms with Crippen LogP contribution in [0.25, 0.3) is 5.65 Å². The van der Waals surface area contributed by atoms with E-state index in [0.717, 1.165) is 37.6 Å². The smallest absolute Gasteiger partial charge is 0.257 e. The van der Waals surface area contributed by atoms with Gasteiger partial charge < -0.3 is 14.5 Å². The quantitative estimate of drug-likeness (QED) is 0.688. The van der Waals surface area contributed by atoms with Crippen molar-refractivity contribution in [3.63, 3.8) is 0 Å². The van der Waals surface area contributed by atoms with Crippen molar-refractivity contribution in [2.75, 3.05) is 37.7 Å². The monoisotopic (exact) mass is 378 g/mol. The molecule has 1 aromatic carbocycles. The molecular weight excluding hydrogens is 356 g/mol. The SMILES string of the molecule is CCOc1ccccc1C(=O)N1CC2CN(c3ccc4nncn4n3)CC2C1. The highest BCUT2D eigenvalue weighted by molar-refractivity contribution is 5.97. The van der Waals surface area contributed by atoms with Crippen LogP contribution in [0, 0.1) is 11.8 Å². The Balaban J connectivity index is 1.28. The van der Waals surface area contributed by atoms with E-state index in [4.69, 9.17) is 4.74 Å². The number of likely N-dealkylation sites (tertiary alicyclic amines) is 1. The van der Waals surface area contributed by atoms with Gasteiger partial charge in [0.15, 0.2) is 5.65 Å². The average Bonchev–Trinajstić information content (AvgIpc) is 3.42. The van der Waals surface area contributed by atoms with Crippen LogP contribution >= 0.6 is 0 Å². The van der Waals surface area contributed by atoms with Crippen LogP contribution in [-0.4, -0.2) is 63.4 Å². The van der Waals surface area contributed by atoms with Gasteiger partial charge in [-0.05, 0) is 31.2 Å². The van der Waals surface area contributed by atoms with Crippen LogP contribution < -0.4 is 9.64 Å². The molecule has 1 amide bonds. The summed E-state index contributed by atoms with van der Waals surface area (Å²) in [5, 5.41) is 12.5.